The van der Waals surface area contributed by atoms with E-state index in [1.54, 1.807) is 5.38 Å². The molecule has 2 aromatic rings. The Kier molecular flexibility index (Phi) is 3.43. The highest BCUT2D eigenvalue weighted by molar-refractivity contribution is 7.13. The van der Waals surface area contributed by atoms with E-state index in [9.17, 15) is 9.59 Å². The first kappa shape index (κ1) is 12.3. The lowest BCUT2D eigenvalue weighted by atomic mass is 10.1. The highest BCUT2D eigenvalue weighted by Crippen LogP contribution is 2.36. The molecule has 4 nitrogen and oxygen atoms in total. The second-order valence-electron chi connectivity index (χ2n) is 3.71. The van der Waals surface area contributed by atoms with E-state index in [-0.39, 0.29) is 10.8 Å². The third-order valence-corrected chi connectivity index (χ3v) is 3.34. The molecule has 92 valence electrons. The Bertz CT molecular complexity index is 590. The molecule has 1 amide bonds. The Morgan fingerprint density at radius 3 is 2.44 bits per heavy atom. The summed E-state index contributed by atoms with van der Waals surface area (Å²) < 4.78 is 0. The minimum Gasteiger partial charge on any atom is -0.477 e. The van der Waals surface area contributed by atoms with Crippen LogP contribution in [0.15, 0.2) is 35.7 Å². The zero-order valence-corrected chi connectivity index (χ0v) is 10.5. The van der Waals surface area contributed by atoms with Crippen LogP contribution in [-0.4, -0.2) is 17.0 Å². The van der Waals surface area contributed by atoms with Gasteiger partial charge in [0.15, 0.2) is 0 Å². The summed E-state index contributed by atoms with van der Waals surface area (Å²) >= 11 is 1.11. The predicted octanol–water partition coefficient (Wildman–Crippen LogP) is 3.07. The Morgan fingerprint density at radius 1 is 1.22 bits per heavy atom. The zero-order valence-electron chi connectivity index (χ0n) is 9.64. The summed E-state index contributed by atoms with van der Waals surface area (Å²) in [6.45, 7) is 1.36. The number of carbonyl (C=O) groups is 2. The first-order valence-electron chi connectivity index (χ1n) is 5.27. The van der Waals surface area contributed by atoms with Gasteiger partial charge in [-0.2, -0.15) is 0 Å². The van der Waals surface area contributed by atoms with Gasteiger partial charge in [-0.25, -0.2) is 4.79 Å². The largest absolute Gasteiger partial charge is 0.477 e. The van der Waals surface area contributed by atoms with Crippen molar-refractivity contribution >= 4 is 28.9 Å². The number of carbonyl (C=O) groups excluding carboxylic acids is 1. The zero-order chi connectivity index (χ0) is 13.1. The van der Waals surface area contributed by atoms with Gasteiger partial charge in [-0.05, 0) is 5.56 Å². The van der Waals surface area contributed by atoms with Crippen LogP contribution in [-0.2, 0) is 4.79 Å². The average molecular weight is 261 g/mol. The number of carboxylic acids is 1. The fourth-order valence-corrected chi connectivity index (χ4v) is 2.51. The molecule has 0 saturated heterocycles. The Balaban J connectivity index is 2.54. The van der Waals surface area contributed by atoms with Crippen molar-refractivity contribution in [2.24, 2.45) is 0 Å². The molecule has 2 rings (SSSR count). The summed E-state index contributed by atoms with van der Waals surface area (Å²) in [5.74, 6) is -1.32. The van der Waals surface area contributed by atoms with Gasteiger partial charge in [0, 0.05) is 17.9 Å². The molecule has 0 atom stereocenters. The monoisotopic (exact) mass is 261 g/mol. The fraction of sp³-hybridized carbons (Fsp3) is 0.0769. The number of thiophene rings is 1. The van der Waals surface area contributed by atoms with Crippen molar-refractivity contribution in [2.75, 3.05) is 5.32 Å². The first-order valence-corrected chi connectivity index (χ1v) is 6.15. The molecule has 0 fully saturated rings. The third kappa shape index (κ3) is 2.41. The van der Waals surface area contributed by atoms with Crippen LogP contribution < -0.4 is 5.32 Å². The molecule has 0 bridgehead atoms. The highest BCUT2D eigenvalue weighted by Gasteiger charge is 2.18. The van der Waals surface area contributed by atoms with Crippen molar-refractivity contribution in [1.29, 1.82) is 0 Å². The van der Waals surface area contributed by atoms with Gasteiger partial charge in [0.2, 0.25) is 5.91 Å². The maximum atomic E-state index is 11.2. The van der Waals surface area contributed by atoms with Gasteiger partial charge < -0.3 is 10.4 Å². The number of hydrogen-bond donors (Lipinski definition) is 2. The third-order valence-electron chi connectivity index (χ3n) is 2.37. The lowest BCUT2D eigenvalue weighted by molar-refractivity contribution is -0.114. The summed E-state index contributed by atoms with van der Waals surface area (Å²) in [6, 6.07) is 9.36. The minimum atomic E-state index is -1.04. The maximum Gasteiger partial charge on any atom is 0.348 e. The number of hydrogen-bond acceptors (Lipinski definition) is 3. The van der Waals surface area contributed by atoms with Crippen LogP contribution in [0.25, 0.3) is 11.1 Å². The van der Waals surface area contributed by atoms with Crippen molar-refractivity contribution < 1.29 is 14.7 Å². The van der Waals surface area contributed by atoms with E-state index in [4.69, 9.17) is 5.11 Å². The van der Waals surface area contributed by atoms with Crippen LogP contribution in [0.2, 0.25) is 0 Å². The summed E-state index contributed by atoms with van der Waals surface area (Å²) in [5, 5.41) is 13.4. The molecule has 1 aromatic carbocycles. The molecule has 18 heavy (non-hydrogen) atoms. The van der Waals surface area contributed by atoms with E-state index in [2.05, 4.69) is 5.32 Å². The van der Waals surface area contributed by atoms with Crippen molar-refractivity contribution in [2.45, 2.75) is 6.92 Å². The number of nitrogens with one attached hydrogen (secondary N) is 1. The Morgan fingerprint density at radius 2 is 1.89 bits per heavy atom. The summed E-state index contributed by atoms with van der Waals surface area (Å²) in [6.07, 6.45) is 0. The van der Waals surface area contributed by atoms with E-state index < -0.39 is 5.97 Å². The van der Waals surface area contributed by atoms with Gasteiger partial charge in [0.1, 0.15) is 4.88 Å². The topological polar surface area (TPSA) is 66.4 Å². The Hall–Kier alpha value is -2.14. The maximum absolute atomic E-state index is 11.2. The van der Waals surface area contributed by atoms with Crippen LogP contribution >= 0.6 is 11.3 Å². The number of rotatable bonds is 3. The highest BCUT2D eigenvalue weighted by atomic mass is 32.1. The molecule has 0 spiro atoms. The van der Waals surface area contributed by atoms with Crippen molar-refractivity contribution in [3.05, 3.63) is 40.6 Å². The molecule has 0 aliphatic carbocycles. The Labute approximate surface area is 108 Å². The molecular formula is C13H11NO3S. The lowest BCUT2D eigenvalue weighted by Crippen LogP contribution is -2.09. The van der Waals surface area contributed by atoms with Crippen LogP contribution in [0.4, 0.5) is 5.69 Å². The van der Waals surface area contributed by atoms with Crippen LogP contribution in [0.3, 0.4) is 0 Å². The van der Waals surface area contributed by atoms with Crippen LogP contribution in [0, 0.1) is 0 Å². The van der Waals surface area contributed by atoms with E-state index >= 15 is 0 Å². The number of benzene rings is 1. The molecule has 2 N–H and O–H groups in total. The molecule has 0 aliphatic rings. The predicted molar refractivity (Wildman–Crippen MR) is 71.0 cm³/mol. The van der Waals surface area contributed by atoms with Crippen molar-refractivity contribution in [3.8, 4) is 11.1 Å². The van der Waals surface area contributed by atoms with E-state index in [0.29, 0.717) is 5.69 Å². The van der Waals surface area contributed by atoms with E-state index in [0.717, 1.165) is 22.5 Å². The van der Waals surface area contributed by atoms with Gasteiger partial charge in [-0.1, -0.05) is 30.3 Å². The van der Waals surface area contributed by atoms with E-state index in [1.165, 1.54) is 6.92 Å². The van der Waals surface area contributed by atoms with Gasteiger partial charge in [0.25, 0.3) is 0 Å². The normalized spacial score (nSPS) is 10.1. The molecule has 5 heteroatoms. The van der Waals surface area contributed by atoms with Crippen LogP contribution in [0.5, 0.6) is 0 Å². The van der Waals surface area contributed by atoms with Gasteiger partial charge in [0.05, 0.1) is 5.69 Å². The molecular weight excluding hydrogens is 250 g/mol. The average Bonchev–Trinajstić information content (AvgIpc) is 2.73. The van der Waals surface area contributed by atoms with Gasteiger partial charge in [-0.3, -0.25) is 4.79 Å². The standard InChI is InChI=1S/C13H11NO3S/c1-8(15)14-11-10(7-18-12(11)13(16)17)9-5-3-2-4-6-9/h2-7H,1H3,(H,14,15)(H,16,17). The second kappa shape index (κ2) is 5.01. The smallest absolute Gasteiger partial charge is 0.348 e. The minimum absolute atomic E-state index is 0.143. The summed E-state index contributed by atoms with van der Waals surface area (Å²) in [4.78, 5) is 22.4. The first-order chi connectivity index (χ1) is 8.59. The van der Waals surface area contributed by atoms with Crippen molar-refractivity contribution in [1.82, 2.24) is 0 Å². The lowest BCUT2D eigenvalue weighted by Gasteiger charge is -2.06. The van der Waals surface area contributed by atoms with Crippen molar-refractivity contribution in [3.63, 3.8) is 0 Å². The fourth-order valence-electron chi connectivity index (χ4n) is 1.65. The quantitative estimate of drug-likeness (QED) is 0.892. The molecule has 1 aromatic heterocycles. The molecule has 0 unspecified atom stereocenters. The van der Waals surface area contributed by atoms with Gasteiger partial charge in [-0.15, -0.1) is 11.3 Å². The molecule has 0 saturated carbocycles. The molecule has 0 aliphatic heterocycles. The second-order valence-corrected chi connectivity index (χ2v) is 4.59. The summed E-state index contributed by atoms with van der Waals surface area (Å²) in [7, 11) is 0. The summed E-state index contributed by atoms with van der Waals surface area (Å²) in [5.41, 5.74) is 1.98. The number of carboxylic acid groups (broad SMARTS) is 1. The van der Waals surface area contributed by atoms with Gasteiger partial charge >= 0.3 is 5.97 Å². The molecule has 0 radical (unpaired) electrons. The number of aromatic carboxylic acids is 1. The van der Waals surface area contributed by atoms with Crippen LogP contribution in [0.1, 0.15) is 16.6 Å². The number of anilines is 1. The molecule has 1 heterocycles. The van der Waals surface area contributed by atoms with E-state index in [1.807, 2.05) is 30.3 Å². The number of amides is 1. The SMILES string of the molecule is CC(=O)Nc1c(-c2ccccc2)csc1C(=O)O.